The fourth-order valence-electron chi connectivity index (χ4n) is 4.44. The molecule has 11 heteroatoms. The number of nitrogens with zero attached hydrogens (tertiary/aromatic N) is 3. The number of aromatic nitrogens is 1. The molecule has 9 nitrogen and oxygen atoms in total. The van der Waals surface area contributed by atoms with Gasteiger partial charge in [-0.2, -0.15) is 0 Å². The highest BCUT2D eigenvalue weighted by Crippen LogP contribution is 2.19. The van der Waals surface area contributed by atoms with E-state index in [1.54, 1.807) is 12.3 Å². The standard InChI is InChI=1S/C27H35F2N5O4/c1-4-5-23(31-25(35)15-19-13-20(28)16-21(29)14-19)27(37)32-24-7-6-22(17-30-24)34-10-8-33(9-11-34)18(2)12-26(36)38-3/h6-7,13-14,16-18,23H,4-5,8-12,15H2,1-3H3,(H,31,35)(H,30,32,37). The van der Waals surface area contributed by atoms with Gasteiger partial charge in [0.1, 0.15) is 23.5 Å². The van der Waals surface area contributed by atoms with Gasteiger partial charge >= 0.3 is 5.97 Å². The van der Waals surface area contributed by atoms with Crippen molar-refractivity contribution in [2.45, 2.75) is 51.6 Å². The van der Waals surface area contributed by atoms with E-state index in [-0.39, 0.29) is 24.0 Å². The third-order valence-electron chi connectivity index (χ3n) is 6.51. The molecule has 1 aromatic heterocycles. The molecule has 0 bridgehead atoms. The summed E-state index contributed by atoms with van der Waals surface area (Å²) in [6.07, 6.45) is 2.84. The topological polar surface area (TPSA) is 104 Å². The van der Waals surface area contributed by atoms with Crippen molar-refractivity contribution in [3.05, 3.63) is 53.7 Å². The summed E-state index contributed by atoms with van der Waals surface area (Å²) in [5.74, 6) is -2.32. The number of piperazine rings is 1. The van der Waals surface area contributed by atoms with Crippen molar-refractivity contribution in [1.82, 2.24) is 15.2 Å². The molecule has 1 aromatic carbocycles. The second kappa shape index (κ2) is 13.8. The molecule has 0 spiro atoms. The molecule has 1 aliphatic heterocycles. The lowest BCUT2D eigenvalue weighted by Gasteiger charge is -2.38. The highest BCUT2D eigenvalue weighted by Gasteiger charge is 2.24. The first kappa shape index (κ1) is 29.0. The number of ether oxygens (including phenoxy) is 1. The first-order valence-corrected chi connectivity index (χ1v) is 12.8. The number of carbonyl (C=O) groups excluding carboxylic acids is 3. The van der Waals surface area contributed by atoms with Crippen molar-refractivity contribution in [3.8, 4) is 0 Å². The molecule has 0 aliphatic carbocycles. The average Bonchev–Trinajstić information content (AvgIpc) is 2.88. The third-order valence-corrected chi connectivity index (χ3v) is 6.51. The second-order valence-electron chi connectivity index (χ2n) is 9.41. The Kier molecular flexibility index (Phi) is 10.5. The van der Waals surface area contributed by atoms with Crippen molar-refractivity contribution in [2.24, 2.45) is 0 Å². The Balaban J connectivity index is 1.52. The minimum absolute atomic E-state index is 0.104. The maximum Gasteiger partial charge on any atom is 0.307 e. The van der Waals surface area contributed by atoms with E-state index in [0.717, 1.165) is 50.1 Å². The number of esters is 1. The fraction of sp³-hybridized carbons (Fsp3) is 0.481. The van der Waals surface area contributed by atoms with E-state index in [1.165, 1.54) is 7.11 Å². The number of anilines is 2. The minimum Gasteiger partial charge on any atom is -0.469 e. The molecule has 38 heavy (non-hydrogen) atoms. The Hall–Kier alpha value is -3.60. The van der Waals surface area contributed by atoms with E-state index in [9.17, 15) is 23.2 Å². The van der Waals surface area contributed by atoms with Crippen LogP contribution in [0.1, 0.15) is 38.7 Å². The molecular formula is C27H35F2N5O4. The van der Waals surface area contributed by atoms with Crippen molar-refractivity contribution >= 4 is 29.3 Å². The van der Waals surface area contributed by atoms with Crippen LogP contribution in [0.3, 0.4) is 0 Å². The minimum atomic E-state index is -0.813. The monoisotopic (exact) mass is 531 g/mol. The summed E-state index contributed by atoms with van der Waals surface area (Å²) < 4.78 is 31.6. The number of methoxy groups -OCH3 is 1. The van der Waals surface area contributed by atoms with Crippen molar-refractivity contribution in [1.29, 1.82) is 0 Å². The smallest absolute Gasteiger partial charge is 0.307 e. The zero-order valence-corrected chi connectivity index (χ0v) is 22.0. The lowest BCUT2D eigenvalue weighted by Crippen LogP contribution is -2.50. The van der Waals surface area contributed by atoms with Crippen LogP contribution in [0.5, 0.6) is 0 Å². The lowest BCUT2D eigenvalue weighted by molar-refractivity contribution is -0.142. The highest BCUT2D eigenvalue weighted by atomic mass is 19.1. The first-order valence-electron chi connectivity index (χ1n) is 12.8. The molecule has 2 atom stereocenters. The molecule has 1 fully saturated rings. The van der Waals surface area contributed by atoms with Gasteiger partial charge < -0.3 is 20.3 Å². The van der Waals surface area contributed by atoms with Gasteiger partial charge in [-0.25, -0.2) is 13.8 Å². The van der Waals surface area contributed by atoms with Gasteiger partial charge in [-0.15, -0.1) is 0 Å². The Morgan fingerprint density at radius 3 is 2.34 bits per heavy atom. The van der Waals surface area contributed by atoms with Gasteiger partial charge in [0.15, 0.2) is 0 Å². The molecule has 0 saturated carbocycles. The SMILES string of the molecule is CCCC(NC(=O)Cc1cc(F)cc(F)c1)C(=O)Nc1ccc(N2CCN(C(C)CC(=O)OC)CC2)cn1. The molecule has 3 rings (SSSR count). The maximum absolute atomic E-state index is 13.4. The number of benzene rings is 1. The summed E-state index contributed by atoms with van der Waals surface area (Å²) in [5.41, 5.74) is 1.11. The van der Waals surface area contributed by atoms with Gasteiger partial charge in [-0.3, -0.25) is 19.3 Å². The van der Waals surface area contributed by atoms with Crippen LogP contribution in [-0.4, -0.2) is 73.0 Å². The normalized spacial score (nSPS) is 15.4. The zero-order valence-electron chi connectivity index (χ0n) is 22.0. The Morgan fingerprint density at radius 1 is 1.08 bits per heavy atom. The van der Waals surface area contributed by atoms with Crippen LogP contribution in [0.4, 0.5) is 20.3 Å². The average molecular weight is 532 g/mol. The summed E-state index contributed by atoms with van der Waals surface area (Å²) in [5, 5.41) is 5.39. The number of pyridine rings is 1. The lowest BCUT2D eigenvalue weighted by atomic mass is 10.1. The summed E-state index contributed by atoms with van der Waals surface area (Å²) in [4.78, 5) is 45.6. The van der Waals surface area contributed by atoms with Crippen molar-refractivity contribution in [3.63, 3.8) is 0 Å². The molecule has 2 aromatic rings. The predicted molar refractivity (Wildman–Crippen MR) is 140 cm³/mol. The number of nitrogens with one attached hydrogen (secondary N) is 2. The van der Waals surface area contributed by atoms with Crippen molar-refractivity contribution < 1.29 is 27.9 Å². The van der Waals surface area contributed by atoms with Gasteiger partial charge in [0.05, 0.1) is 31.8 Å². The number of hydrogen-bond donors (Lipinski definition) is 2. The van der Waals surface area contributed by atoms with Crippen LogP contribution in [-0.2, 0) is 25.5 Å². The van der Waals surface area contributed by atoms with Crippen LogP contribution in [0.15, 0.2) is 36.5 Å². The van der Waals surface area contributed by atoms with E-state index >= 15 is 0 Å². The second-order valence-corrected chi connectivity index (χ2v) is 9.41. The van der Waals surface area contributed by atoms with Gasteiger partial charge in [-0.1, -0.05) is 13.3 Å². The zero-order chi connectivity index (χ0) is 27.7. The molecule has 2 heterocycles. The molecule has 0 radical (unpaired) electrons. The van der Waals surface area contributed by atoms with Crippen LogP contribution in [0.25, 0.3) is 0 Å². The van der Waals surface area contributed by atoms with E-state index in [1.807, 2.05) is 19.9 Å². The number of amides is 2. The van der Waals surface area contributed by atoms with Gasteiger partial charge in [0.25, 0.3) is 0 Å². The summed E-state index contributed by atoms with van der Waals surface area (Å²) >= 11 is 0. The quantitative estimate of drug-likeness (QED) is 0.430. The van der Waals surface area contributed by atoms with Gasteiger partial charge in [-0.05, 0) is 43.2 Å². The van der Waals surface area contributed by atoms with Crippen molar-refractivity contribution in [2.75, 3.05) is 43.5 Å². The number of rotatable bonds is 11. The summed E-state index contributed by atoms with van der Waals surface area (Å²) in [6.45, 7) is 7.06. The number of carbonyl (C=O) groups is 3. The Bertz CT molecular complexity index is 1090. The van der Waals surface area contributed by atoms with Gasteiger partial charge in [0.2, 0.25) is 11.8 Å². The molecular weight excluding hydrogens is 496 g/mol. The highest BCUT2D eigenvalue weighted by molar-refractivity contribution is 5.96. The Morgan fingerprint density at radius 2 is 1.76 bits per heavy atom. The van der Waals surface area contributed by atoms with Crippen LogP contribution >= 0.6 is 0 Å². The van der Waals surface area contributed by atoms with Crippen LogP contribution < -0.4 is 15.5 Å². The fourth-order valence-corrected chi connectivity index (χ4v) is 4.44. The molecule has 2 amide bonds. The predicted octanol–water partition coefficient (Wildman–Crippen LogP) is 2.90. The number of halogens is 2. The maximum atomic E-state index is 13.4. The largest absolute Gasteiger partial charge is 0.469 e. The van der Waals surface area contributed by atoms with E-state index < -0.39 is 29.5 Å². The van der Waals surface area contributed by atoms with Gasteiger partial charge in [0, 0.05) is 38.3 Å². The molecule has 1 aliphatic rings. The van der Waals surface area contributed by atoms with E-state index in [4.69, 9.17) is 4.74 Å². The third kappa shape index (κ3) is 8.47. The first-order chi connectivity index (χ1) is 18.2. The van der Waals surface area contributed by atoms with E-state index in [2.05, 4.69) is 25.4 Å². The molecule has 2 unspecified atom stereocenters. The summed E-state index contributed by atoms with van der Waals surface area (Å²) in [7, 11) is 1.39. The molecule has 2 N–H and O–H groups in total. The Labute approximate surface area is 221 Å². The van der Waals surface area contributed by atoms with Crippen LogP contribution in [0.2, 0.25) is 0 Å². The van der Waals surface area contributed by atoms with E-state index in [0.29, 0.717) is 25.1 Å². The molecule has 206 valence electrons. The van der Waals surface area contributed by atoms with Crippen LogP contribution in [0, 0.1) is 11.6 Å². The summed E-state index contributed by atoms with van der Waals surface area (Å²) in [6, 6.07) is 5.79. The number of hydrogen-bond acceptors (Lipinski definition) is 7. The molecule has 1 saturated heterocycles.